The summed E-state index contributed by atoms with van der Waals surface area (Å²) in [5.74, 6) is -1.04. The average molecular weight is 342 g/mol. The lowest BCUT2D eigenvalue weighted by Crippen LogP contribution is -2.17. The number of pyridine rings is 1. The van der Waals surface area contributed by atoms with Crippen molar-refractivity contribution in [1.82, 2.24) is 4.98 Å². The Hall–Kier alpha value is -3.19. The predicted octanol–water partition coefficient (Wildman–Crippen LogP) is 2.57. The lowest BCUT2D eigenvalue weighted by molar-refractivity contribution is 0.234. The van der Waals surface area contributed by atoms with Crippen LogP contribution in [-0.4, -0.2) is 15.2 Å². The van der Waals surface area contributed by atoms with Gasteiger partial charge in [0.25, 0.3) is 0 Å². The zero-order valence-corrected chi connectivity index (χ0v) is 13.0. The second-order valence-electron chi connectivity index (χ2n) is 5.29. The number of aromatic hydroxyl groups is 1. The van der Waals surface area contributed by atoms with E-state index in [1.807, 2.05) is 0 Å². The first-order valence-electron chi connectivity index (χ1n) is 7.48. The lowest BCUT2D eigenvalue weighted by atomic mass is 10.1. The van der Waals surface area contributed by atoms with Gasteiger partial charge < -0.3 is 19.9 Å². The maximum Gasteiger partial charge on any atom is 0.227 e. The van der Waals surface area contributed by atoms with E-state index >= 15 is 0 Å². The lowest BCUT2D eigenvalue weighted by Gasteiger charge is -2.20. The SMILES string of the molecule is O=c1cc(CO)oc([C@H](Nc2ccc(F)cc2)c2ccccn2)c1O. The van der Waals surface area contributed by atoms with Crippen LogP contribution in [0.2, 0.25) is 0 Å². The molecule has 7 heteroatoms. The average Bonchev–Trinajstić information content (AvgIpc) is 2.64. The van der Waals surface area contributed by atoms with Crippen LogP contribution < -0.4 is 10.7 Å². The molecule has 1 atom stereocenters. The van der Waals surface area contributed by atoms with Crippen LogP contribution in [0.1, 0.15) is 23.3 Å². The van der Waals surface area contributed by atoms with Gasteiger partial charge >= 0.3 is 0 Å². The second-order valence-corrected chi connectivity index (χ2v) is 5.29. The molecule has 0 saturated carbocycles. The third-order valence-electron chi connectivity index (χ3n) is 3.56. The number of aromatic nitrogens is 1. The van der Waals surface area contributed by atoms with Crippen molar-refractivity contribution in [1.29, 1.82) is 0 Å². The fourth-order valence-electron chi connectivity index (χ4n) is 2.36. The first-order valence-corrected chi connectivity index (χ1v) is 7.48. The molecule has 2 aromatic heterocycles. The van der Waals surface area contributed by atoms with Gasteiger partial charge in [0, 0.05) is 18.0 Å². The van der Waals surface area contributed by atoms with E-state index < -0.39 is 29.6 Å². The molecule has 0 aliphatic rings. The second kappa shape index (κ2) is 7.14. The molecule has 0 unspecified atom stereocenters. The molecule has 3 aromatic rings. The number of anilines is 1. The minimum absolute atomic E-state index is 0.0136. The Balaban J connectivity index is 2.10. The van der Waals surface area contributed by atoms with Gasteiger partial charge in [0.1, 0.15) is 24.2 Å². The van der Waals surface area contributed by atoms with Crippen molar-refractivity contribution in [2.24, 2.45) is 0 Å². The van der Waals surface area contributed by atoms with Gasteiger partial charge in [0.15, 0.2) is 5.76 Å². The van der Waals surface area contributed by atoms with Gasteiger partial charge in [0.2, 0.25) is 11.2 Å². The summed E-state index contributed by atoms with van der Waals surface area (Å²) in [4.78, 5) is 16.2. The summed E-state index contributed by atoms with van der Waals surface area (Å²) in [5.41, 5.74) is 0.334. The molecule has 128 valence electrons. The number of benzene rings is 1. The van der Waals surface area contributed by atoms with Crippen molar-refractivity contribution in [3.63, 3.8) is 0 Å². The Bertz CT molecular complexity index is 911. The fourth-order valence-corrected chi connectivity index (χ4v) is 2.36. The standard InChI is InChI=1S/C18H15FN2O4/c19-11-4-6-12(7-5-11)21-16(14-3-1-2-8-20-14)18-17(24)15(23)9-13(10-22)25-18/h1-9,16,21-22,24H,10H2/t16-/m1/s1. The van der Waals surface area contributed by atoms with Gasteiger partial charge in [-0.3, -0.25) is 9.78 Å². The van der Waals surface area contributed by atoms with Crippen LogP contribution in [-0.2, 0) is 6.61 Å². The summed E-state index contributed by atoms with van der Waals surface area (Å²) < 4.78 is 18.6. The van der Waals surface area contributed by atoms with Gasteiger partial charge in [-0.05, 0) is 36.4 Å². The number of nitrogens with zero attached hydrogens (tertiary/aromatic N) is 1. The Morgan fingerprint density at radius 3 is 2.60 bits per heavy atom. The van der Waals surface area contributed by atoms with E-state index in [4.69, 9.17) is 4.42 Å². The summed E-state index contributed by atoms with van der Waals surface area (Å²) in [6.45, 7) is -0.492. The van der Waals surface area contributed by atoms with Crippen LogP contribution in [0, 0.1) is 5.82 Å². The highest BCUT2D eigenvalue weighted by Gasteiger charge is 2.24. The minimum Gasteiger partial charge on any atom is -0.502 e. The number of halogens is 1. The Labute approximate surface area is 142 Å². The van der Waals surface area contributed by atoms with E-state index in [0.29, 0.717) is 11.4 Å². The van der Waals surface area contributed by atoms with Gasteiger partial charge in [-0.25, -0.2) is 4.39 Å². The molecule has 0 radical (unpaired) electrons. The molecule has 2 heterocycles. The van der Waals surface area contributed by atoms with Crippen LogP contribution in [0.25, 0.3) is 0 Å². The van der Waals surface area contributed by atoms with Crippen LogP contribution in [0.5, 0.6) is 5.75 Å². The molecule has 1 aromatic carbocycles. The molecule has 0 bridgehead atoms. The molecular formula is C18H15FN2O4. The van der Waals surface area contributed by atoms with Crippen molar-refractivity contribution in [3.8, 4) is 5.75 Å². The van der Waals surface area contributed by atoms with Crippen LogP contribution in [0.4, 0.5) is 10.1 Å². The van der Waals surface area contributed by atoms with Crippen molar-refractivity contribution < 1.29 is 19.0 Å². The van der Waals surface area contributed by atoms with Crippen LogP contribution in [0.15, 0.2) is 63.9 Å². The number of rotatable bonds is 5. The quantitative estimate of drug-likeness (QED) is 0.660. The predicted molar refractivity (Wildman–Crippen MR) is 88.7 cm³/mol. The van der Waals surface area contributed by atoms with Crippen LogP contribution >= 0.6 is 0 Å². The number of hydrogen-bond donors (Lipinski definition) is 3. The molecule has 3 rings (SSSR count). The van der Waals surface area contributed by atoms with E-state index in [0.717, 1.165) is 6.07 Å². The zero-order valence-electron chi connectivity index (χ0n) is 13.0. The minimum atomic E-state index is -0.814. The normalized spacial score (nSPS) is 11.9. The third kappa shape index (κ3) is 3.67. The summed E-state index contributed by atoms with van der Waals surface area (Å²) >= 11 is 0. The number of nitrogens with one attached hydrogen (secondary N) is 1. The fraction of sp³-hybridized carbons (Fsp3) is 0.111. The van der Waals surface area contributed by atoms with Crippen molar-refractivity contribution >= 4 is 5.69 Å². The van der Waals surface area contributed by atoms with Gasteiger partial charge in [-0.2, -0.15) is 0 Å². The molecule has 6 nitrogen and oxygen atoms in total. The highest BCUT2D eigenvalue weighted by atomic mass is 19.1. The van der Waals surface area contributed by atoms with E-state index in [-0.39, 0.29) is 11.5 Å². The molecule has 0 spiro atoms. The summed E-state index contributed by atoms with van der Waals surface area (Å²) in [7, 11) is 0. The summed E-state index contributed by atoms with van der Waals surface area (Å²) in [6.07, 6.45) is 1.56. The molecule has 0 aliphatic heterocycles. The maximum absolute atomic E-state index is 13.1. The van der Waals surface area contributed by atoms with E-state index in [1.165, 1.54) is 24.3 Å². The van der Waals surface area contributed by atoms with Crippen LogP contribution in [0.3, 0.4) is 0 Å². The van der Waals surface area contributed by atoms with Crippen molar-refractivity contribution in [3.05, 3.63) is 88.0 Å². The first kappa shape index (κ1) is 16.7. The summed E-state index contributed by atoms with van der Waals surface area (Å²) in [5, 5.41) is 22.5. The Morgan fingerprint density at radius 1 is 1.20 bits per heavy atom. The monoisotopic (exact) mass is 342 g/mol. The highest BCUT2D eigenvalue weighted by Crippen LogP contribution is 2.30. The molecule has 0 saturated heterocycles. The smallest absolute Gasteiger partial charge is 0.227 e. The van der Waals surface area contributed by atoms with Gasteiger partial charge in [0.05, 0.1) is 5.69 Å². The highest BCUT2D eigenvalue weighted by molar-refractivity contribution is 5.48. The third-order valence-corrected chi connectivity index (χ3v) is 3.56. The van der Waals surface area contributed by atoms with Gasteiger partial charge in [-0.15, -0.1) is 0 Å². The van der Waals surface area contributed by atoms with E-state index in [1.54, 1.807) is 24.4 Å². The zero-order chi connectivity index (χ0) is 17.8. The number of hydrogen-bond acceptors (Lipinski definition) is 6. The van der Waals surface area contributed by atoms with Crippen molar-refractivity contribution in [2.75, 3.05) is 5.32 Å². The van der Waals surface area contributed by atoms with E-state index in [2.05, 4.69) is 10.3 Å². The first-order chi connectivity index (χ1) is 12.1. The van der Waals surface area contributed by atoms with Crippen molar-refractivity contribution in [2.45, 2.75) is 12.6 Å². The number of aliphatic hydroxyl groups excluding tert-OH is 1. The molecule has 0 aliphatic carbocycles. The maximum atomic E-state index is 13.1. The molecular weight excluding hydrogens is 327 g/mol. The van der Waals surface area contributed by atoms with E-state index in [9.17, 15) is 19.4 Å². The molecule has 25 heavy (non-hydrogen) atoms. The number of aliphatic hydroxyl groups is 1. The summed E-state index contributed by atoms with van der Waals surface area (Å²) in [6, 6.07) is 10.9. The Morgan fingerprint density at radius 2 is 1.96 bits per heavy atom. The molecule has 0 fully saturated rings. The molecule has 3 N–H and O–H groups in total. The largest absolute Gasteiger partial charge is 0.502 e. The Kier molecular flexibility index (Phi) is 4.76. The van der Waals surface area contributed by atoms with Gasteiger partial charge in [-0.1, -0.05) is 6.07 Å². The topological polar surface area (TPSA) is 95.6 Å². The molecule has 0 amide bonds.